The van der Waals surface area contributed by atoms with Gasteiger partial charge in [-0.25, -0.2) is 0 Å². The first kappa shape index (κ1) is 30.7. The van der Waals surface area contributed by atoms with Gasteiger partial charge in [0.05, 0.1) is 39.9 Å². The van der Waals surface area contributed by atoms with Gasteiger partial charge >= 0.3 is 0 Å². The van der Waals surface area contributed by atoms with Crippen molar-refractivity contribution in [3.05, 3.63) is 54.6 Å². The number of hydrogen-bond acceptors (Lipinski definition) is 5. The van der Waals surface area contributed by atoms with Crippen LogP contribution in [0.2, 0.25) is 5.02 Å². The predicted octanol–water partition coefficient (Wildman–Crippen LogP) is 4.78. The van der Waals surface area contributed by atoms with Gasteiger partial charge in [0.25, 0.3) is 5.91 Å². The molecule has 4 rings (SSSR count). The van der Waals surface area contributed by atoms with E-state index in [1.807, 2.05) is 32.9 Å². The molecule has 3 aliphatic heterocycles. The molecule has 0 radical (unpaired) electrons. The van der Waals surface area contributed by atoms with Gasteiger partial charge in [-0.1, -0.05) is 56.7 Å². The monoisotopic (exact) mass is 587 g/mol. The molecule has 1 N–H and O–H groups in total. The number of likely N-dealkylation sites (tertiary alicyclic amines) is 1. The summed E-state index contributed by atoms with van der Waals surface area (Å²) >= 11 is 8.21. The summed E-state index contributed by atoms with van der Waals surface area (Å²) < 4.78 is -0.754. The first-order valence-corrected chi connectivity index (χ1v) is 15.6. The van der Waals surface area contributed by atoms with Crippen LogP contribution in [0.5, 0.6) is 0 Å². The molecular formula is C31H42ClN3O4S. The number of benzene rings is 1. The molecule has 9 heteroatoms. The van der Waals surface area contributed by atoms with Crippen LogP contribution in [0.3, 0.4) is 0 Å². The summed E-state index contributed by atoms with van der Waals surface area (Å²) in [5.41, 5.74) is 0.552. The number of nitrogens with zero attached hydrogens (tertiary/aromatic N) is 3. The van der Waals surface area contributed by atoms with Crippen molar-refractivity contribution in [3.8, 4) is 0 Å². The fraction of sp³-hybridized carbons (Fsp3) is 0.581. The lowest BCUT2D eigenvalue weighted by Crippen LogP contribution is -2.58. The van der Waals surface area contributed by atoms with Gasteiger partial charge in [-0.3, -0.25) is 14.4 Å². The molecule has 7 nitrogen and oxygen atoms in total. The predicted molar refractivity (Wildman–Crippen MR) is 162 cm³/mol. The Balaban J connectivity index is 1.83. The molecule has 3 amide bonds. The van der Waals surface area contributed by atoms with Crippen LogP contribution in [0.15, 0.2) is 49.6 Å². The molecule has 1 spiro atoms. The second kappa shape index (κ2) is 12.7. The molecule has 1 aromatic rings. The van der Waals surface area contributed by atoms with E-state index in [0.29, 0.717) is 36.6 Å². The molecule has 2 bridgehead atoms. The summed E-state index contributed by atoms with van der Waals surface area (Å²) in [6, 6.07) is 5.80. The Bertz CT molecular complexity index is 1150. The zero-order chi connectivity index (χ0) is 29.2. The summed E-state index contributed by atoms with van der Waals surface area (Å²) in [5, 5.41) is 10.9. The maximum Gasteiger partial charge on any atom is 0.251 e. The van der Waals surface area contributed by atoms with Gasteiger partial charge in [-0.2, -0.15) is 0 Å². The summed E-state index contributed by atoms with van der Waals surface area (Å²) in [5.74, 6) is -1.42. The highest BCUT2D eigenvalue weighted by atomic mass is 35.5. The van der Waals surface area contributed by atoms with Crippen molar-refractivity contribution in [1.29, 1.82) is 0 Å². The zero-order valence-electron chi connectivity index (χ0n) is 23.8. The van der Waals surface area contributed by atoms with Crippen molar-refractivity contribution < 1.29 is 19.5 Å². The third-order valence-corrected chi connectivity index (χ3v) is 10.8. The SMILES string of the molecule is C=CCN(CCC)C(=O)[C@@H]1[C@@H]2CCC3(S2)C(C(=O)N(CC=C)c2ccccc2Cl)N([C@@H](CO)CC(C)C)C(=O)[C@H]13. The highest BCUT2D eigenvalue weighted by molar-refractivity contribution is 8.02. The quantitative estimate of drug-likeness (QED) is 0.336. The molecule has 3 heterocycles. The first-order chi connectivity index (χ1) is 19.2. The topological polar surface area (TPSA) is 81.2 Å². The van der Waals surface area contributed by atoms with E-state index in [9.17, 15) is 19.5 Å². The molecule has 3 aliphatic rings. The molecular weight excluding hydrogens is 546 g/mol. The highest BCUT2D eigenvalue weighted by Crippen LogP contribution is 2.67. The Morgan fingerprint density at radius 2 is 1.93 bits per heavy atom. The van der Waals surface area contributed by atoms with Gasteiger partial charge in [0.1, 0.15) is 6.04 Å². The third kappa shape index (κ3) is 5.23. The van der Waals surface area contributed by atoms with Crippen molar-refractivity contribution in [1.82, 2.24) is 9.80 Å². The van der Waals surface area contributed by atoms with Crippen LogP contribution in [-0.4, -0.2) is 80.9 Å². The number of para-hydroxylation sites is 1. The van der Waals surface area contributed by atoms with Crippen molar-refractivity contribution in [2.24, 2.45) is 17.8 Å². The van der Waals surface area contributed by atoms with Gasteiger partial charge in [-0.05, 0) is 43.7 Å². The number of carbonyl (C=O) groups is 3. The van der Waals surface area contributed by atoms with E-state index >= 15 is 0 Å². The molecule has 218 valence electrons. The van der Waals surface area contributed by atoms with Crippen molar-refractivity contribution in [2.45, 2.75) is 68.5 Å². The Kier molecular flexibility index (Phi) is 9.74. The number of aliphatic hydroxyl groups is 1. The second-order valence-corrected chi connectivity index (χ2v) is 13.5. The smallest absolute Gasteiger partial charge is 0.251 e. The van der Waals surface area contributed by atoms with Crippen LogP contribution in [-0.2, 0) is 14.4 Å². The largest absolute Gasteiger partial charge is 0.394 e. The van der Waals surface area contributed by atoms with Gasteiger partial charge in [0, 0.05) is 24.9 Å². The number of fused-ring (bicyclic) bond motifs is 1. The standard InChI is InChI=1S/C31H42ClN3O4S/c1-6-15-33(16-7-2)28(37)25-24-13-14-31(40-24)26(25)29(38)35(21(19-36)18-20(4)5)27(31)30(39)34(17-8-3)23-12-10-9-11-22(23)32/h6,8-12,20-21,24-27,36H,1,3,7,13-19H2,2,4-5H3/t21-,24+,25-,26+,27?,31?/m1/s1. The van der Waals surface area contributed by atoms with E-state index in [1.165, 1.54) is 0 Å². The van der Waals surface area contributed by atoms with Gasteiger partial charge in [-0.15, -0.1) is 24.9 Å². The normalized spacial score (nSPS) is 27.6. The molecule has 0 aromatic heterocycles. The molecule has 2 unspecified atom stereocenters. The van der Waals surface area contributed by atoms with E-state index in [2.05, 4.69) is 13.2 Å². The Morgan fingerprint density at radius 3 is 2.52 bits per heavy atom. The van der Waals surface area contributed by atoms with E-state index in [-0.39, 0.29) is 42.0 Å². The summed E-state index contributed by atoms with van der Waals surface area (Å²) in [6.07, 6.45) is 6.15. The minimum Gasteiger partial charge on any atom is -0.394 e. The Labute approximate surface area is 247 Å². The van der Waals surface area contributed by atoms with Crippen molar-refractivity contribution in [3.63, 3.8) is 0 Å². The van der Waals surface area contributed by atoms with E-state index < -0.39 is 28.7 Å². The number of rotatable bonds is 13. The Morgan fingerprint density at radius 1 is 1.23 bits per heavy atom. The Hall–Kier alpha value is -2.29. The number of aliphatic hydroxyl groups excluding tert-OH is 1. The van der Waals surface area contributed by atoms with Gasteiger partial charge in [0.15, 0.2) is 0 Å². The zero-order valence-corrected chi connectivity index (χ0v) is 25.4. The average molecular weight is 588 g/mol. The second-order valence-electron chi connectivity index (χ2n) is 11.5. The van der Waals surface area contributed by atoms with Crippen LogP contribution < -0.4 is 4.90 Å². The van der Waals surface area contributed by atoms with Crippen LogP contribution in [0.1, 0.15) is 46.5 Å². The molecule has 6 atom stereocenters. The third-order valence-electron chi connectivity index (χ3n) is 8.48. The van der Waals surface area contributed by atoms with E-state index in [4.69, 9.17) is 11.6 Å². The number of halogens is 1. The molecule has 3 saturated heterocycles. The number of anilines is 1. The highest BCUT2D eigenvalue weighted by Gasteiger charge is 2.74. The number of amides is 3. The fourth-order valence-corrected chi connectivity index (χ4v) is 9.48. The van der Waals surface area contributed by atoms with Crippen LogP contribution in [0.4, 0.5) is 5.69 Å². The molecule has 1 aromatic carbocycles. The van der Waals surface area contributed by atoms with Crippen molar-refractivity contribution in [2.75, 3.05) is 31.1 Å². The van der Waals surface area contributed by atoms with Crippen molar-refractivity contribution >= 4 is 46.8 Å². The molecule has 0 aliphatic carbocycles. The first-order valence-electron chi connectivity index (χ1n) is 14.3. The van der Waals surface area contributed by atoms with Gasteiger partial charge in [0.2, 0.25) is 11.8 Å². The number of carbonyl (C=O) groups excluding carboxylic acids is 3. The maximum absolute atomic E-state index is 14.7. The molecule has 0 saturated carbocycles. The lowest BCUT2D eigenvalue weighted by molar-refractivity contribution is -0.145. The van der Waals surface area contributed by atoms with Crippen LogP contribution >= 0.6 is 23.4 Å². The van der Waals surface area contributed by atoms with E-state index in [0.717, 1.165) is 12.8 Å². The lowest BCUT2D eigenvalue weighted by atomic mass is 9.70. The number of thioether (sulfide) groups is 1. The summed E-state index contributed by atoms with van der Waals surface area (Å²) in [6.45, 7) is 14.8. The minimum atomic E-state index is -0.830. The lowest BCUT2D eigenvalue weighted by Gasteiger charge is -2.40. The average Bonchev–Trinajstić information content (AvgIpc) is 3.57. The maximum atomic E-state index is 14.7. The fourth-order valence-electron chi connectivity index (χ4n) is 7.05. The van der Waals surface area contributed by atoms with Gasteiger partial charge < -0.3 is 19.8 Å². The summed E-state index contributed by atoms with van der Waals surface area (Å²) in [4.78, 5) is 48.3. The van der Waals surface area contributed by atoms with Crippen LogP contribution in [0.25, 0.3) is 0 Å². The van der Waals surface area contributed by atoms with E-state index in [1.54, 1.807) is 50.7 Å². The molecule has 40 heavy (non-hydrogen) atoms. The minimum absolute atomic E-state index is 0.0334. The summed E-state index contributed by atoms with van der Waals surface area (Å²) in [7, 11) is 0. The van der Waals surface area contributed by atoms with Crippen LogP contribution in [0, 0.1) is 17.8 Å². The number of hydrogen-bond donors (Lipinski definition) is 1. The molecule has 3 fully saturated rings.